The van der Waals surface area contributed by atoms with Gasteiger partial charge in [-0.05, 0) is 12.3 Å². The van der Waals surface area contributed by atoms with Gasteiger partial charge in [-0.1, -0.05) is 72.1 Å². The second-order valence-electron chi connectivity index (χ2n) is 5.51. The van der Waals surface area contributed by atoms with E-state index >= 15 is 0 Å². The van der Waals surface area contributed by atoms with Gasteiger partial charge in [-0.3, -0.25) is 4.79 Å². The van der Waals surface area contributed by atoms with Crippen LogP contribution in [0.2, 0.25) is 0 Å². The summed E-state index contributed by atoms with van der Waals surface area (Å²) < 4.78 is 0. The number of carbonyl (C=O) groups is 1. The number of Topliss-reactive ketones (excluding diaryl/α,β-unsaturated/α-hetero) is 1. The Bertz CT molecular complexity index is 174. The first-order valence-electron chi connectivity index (χ1n) is 7.72. The van der Waals surface area contributed by atoms with Crippen molar-refractivity contribution in [1.29, 1.82) is 0 Å². The number of hydrogen-bond donors (Lipinski definition) is 0. The number of hydrogen-bond acceptors (Lipinski definition) is 1. The van der Waals surface area contributed by atoms with Crippen LogP contribution in [0.4, 0.5) is 0 Å². The second kappa shape index (κ2) is 12.1. The molecular formula is C16H32O. The molecule has 1 nitrogen and oxygen atoms in total. The molecule has 1 heteroatoms. The van der Waals surface area contributed by atoms with Gasteiger partial charge in [0.15, 0.2) is 0 Å². The van der Waals surface area contributed by atoms with Crippen LogP contribution >= 0.6 is 0 Å². The van der Waals surface area contributed by atoms with E-state index in [4.69, 9.17) is 0 Å². The minimum absolute atomic E-state index is 0.490. The summed E-state index contributed by atoms with van der Waals surface area (Å²) in [6.45, 7) is 6.67. The lowest BCUT2D eigenvalue weighted by Crippen LogP contribution is -2.05. The Morgan fingerprint density at radius 2 is 1.47 bits per heavy atom. The predicted octanol–water partition coefficient (Wildman–Crippen LogP) is 5.52. The minimum atomic E-state index is 0.490. The van der Waals surface area contributed by atoms with E-state index in [1.165, 1.54) is 51.4 Å². The van der Waals surface area contributed by atoms with Crippen LogP contribution in [0.5, 0.6) is 0 Å². The molecule has 0 saturated carbocycles. The molecular weight excluding hydrogens is 208 g/mol. The highest BCUT2D eigenvalue weighted by atomic mass is 16.1. The van der Waals surface area contributed by atoms with Crippen molar-refractivity contribution in [2.45, 2.75) is 91.4 Å². The lowest BCUT2D eigenvalue weighted by Gasteiger charge is -2.09. The molecule has 0 fully saturated rings. The molecule has 0 aliphatic rings. The van der Waals surface area contributed by atoms with Crippen molar-refractivity contribution < 1.29 is 4.79 Å². The highest BCUT2D eigenvalue weighted by molar-refractivity contribution is 5.78. The fourth-order valence-corrected chi connectivity index (χ4v) is 2.25. The van der Waals surface area contributed by atoms with Gasteiger partial charge in [-0.2, -0.15) is 0 Å². The summed E-state index contributed by atoms with van der Waals surface area (Å²) in [5.74, 6) is 1.09. The Kier molecular flexibility index (Phi) is 11.9. The maximum Gasteiger partial charge on any atom is 0.133 e. The van der Waals surface area contributed by atoms with Crippen molar-refractivity contribution in [3.8, 4) is 0 Å². The lowest BCUT2D eigenvalue weighted by molar-refractivity contribution is -0.120. The fraction of sp³-hybridized carbons (Fsp3) is 0.938. The van der Waals surface area contributed by atoms with Crippen LogP contribution in [-0.2, 0) is 4.79 Å². The first-order chi connectivity index (χ1) is 8.20. The Hall–Kier alpha value is -0.330. The van der Waals surface area contributed by atoms with E-state index in [2.05, 4.69) is 20.8 Å². The zero-order valence-electron chi connectivity index (χ0n) is 12.3. The van der Waals surface area contributed by atoms with Gasteiger partial charge in [0.1, 0.15) is 5.78 Å². The van der Waals surface area contributed by atoms with Gasteiger partial charge >= 0.3 is 0 Å². The van der Waals surface area contributed by atoms with Crippen molar-refractivity contribution in [1.82, 2.24) is 0 Å². The Morgan fingerprint density at radius 3 is 2.12 bits per heavy atom. The molecule has 0 amide bonds. The average molecular weight is 240 g/mol. The zero-order chi connectivity index (χ0) is 12.9. The highest BCUT2D eigenvalue weighted by Crippen LogP contribution is 2.15. The maximum atomic E-state index is 11.7. The first-order valence-corrected chi connectivity index (χ1v) is 7.72. The third kappa shape index (κ3) is 11.9. The van der Waals surface area contributed by atoms with Gasteiger partial charge in [0.05, 0.1) is 0 Å². The second-order valence-corrected chi connectivity index (χ2v) is 5.51. The van der Waals surface area contributed by atoms with Crippen LogP contribution < -0.4 is 0 Å². The van der Waals surface area contributed by atoms with Crippen LogP contribution in [0, 0.1) is 5.92 Å². The smallest absolute Gasteiger partial charge is 0.133 e. The number of carbonyl (C=O) groups excluding carboxylic acids is 1. The topological polar surface area (TPSA) is 17.1 Å². The van der Waals surface area contributed by atoms with Crippen molar-refractivity contribution in [2.24, 2.45) is 5.92 Å². The molecule has 0 N–H and O–H groups in total. The molecule has 102 valence electrons. The molecule has 0 aliphatic carbocycles. The fourth-order valence-electron chi connectivity index (χ4n) is 2.25. The standard InChI is InChI=1S/C16H32O/c1-4-6-8-9-10-11-13-16(17)14-15(3)12-7-5-2/h15H,4-14H2,1-3H3. The van der Waals surface area contributed by atoms with E-state index < -0.39 is 0 Å². The molecule has 0 rings (SSSR count). The van der Waals surface area contributed by atoms with Crippen LogP contribution in [-0.4, -0.2) is 5.78 Å². The first kappa shape index (κ1) is 16.7. The van der Waals surface area contributed by atoms with Gasteiger partial charge < -0.3 is 0 Å². The number of rotatable bonds is 12. The molecule has 0 aromatic rings. The third-order valence-corrected chi connectivity index (χ3v) is 3.44. The third-order valence-electron chi connectivity index (χ3n) is 3.44. The van der Waals surface area contributed by atoms with E-state index in [1.54, 1.807) is 0 Å². The zero-order valence-corrected chi connectivity index (χ0v) is 12.3. The molecule has 0 heterocycles. The van der Waals surface area contributed by atoms with Gasteiger partial charge in [0, 0.05) is 12.8 Å². The highest BCUT2D eigenvalue weighted by Gasteiger charge is 2.08. The van der Waals surface area contributed by atoms with E-state index in [1.807, 2.05) is 0 Å². The maximum absolute atomic E-state index is 11.7. The molecule has 17 heavy (non-hydrogen) atoms. The predicted molar refractivity (Wildman–Crippen MR) is 76.3 cm³/mol. The molecule has 0 aliphatic heterocycles. The van der Waals surface area contributed by atoms with Crippen LogP contribution in [0.25, 0.3) is 0 Å². The number of ketones is 1. The molecule has 1 atom stereocenters. The molecule has 0 aromatic carbocycles. The van der Waals surface area contributed by atoms with E-state index in [0.29, 0.717) is 11.7 Å². The average Bonchev–Trinajstić information content (AvgIpc) is 2.31. The van der Waals surface area contributed by atoms with Crippen molar-refractivity contribution in [2.75, 3.05) is 0 Å². The molecule has 0 aromatic heterocycles. The van der Waals surface area contributed by atoms with Crippen LogP contribution in [0.1, 0.15) is 91.4 Å². The lowest BCUT2D eigenvalue weighted by atomic mass is 9.96. The summed E-state index contributed by atoms with van der Waals surface area (Å²) in [5, 5.41) is 0. The van der Waals surface area contributed by atoms with Crippen molar-refractivity contribution >= 4 is 5.78 Å². The summed E-state index contributed by atoms with van der Waals surface area (Å²) in [6.07, 6.45) is 13.0. The van der Waals surface area contributed by atoms with Gasteiger partial charge in [-0.25, -0.2) is 0 Å². The van der Waals surface area contributed by atoms with Crippen molar-refractivity contribution in [3.63, 3.8) is 0 Å². The van der Waals surface area contributed by atoms with Gasteiger partial charge in [0.25, 0.3) is 0 Å². The normalized spacial score (nSPS) is 12.6. The van der Waals surface area contributed by atoms with E-state index in [0.717, 1.165) is 19.3 Å². The quantitative estimate of drug-likeness (QED) is 0.410. The summed E-state index contributed by atoms with van der Waals surface area (Å²) >= 11 is 0. The summed E-state index contributed by atoms with van der Waals surface area (Å²) in [7, 11) is 0. The monoisotopic (exact) mass is 240 g/mol. The Labute approximate surface area is 108 Å². The van der Waals surface area contributed by atoms with Gasteiger partial charge in [-0.15, -0.1) is 0 Å². The molecule has 0 bridgehead atoms. The summed E-state index contributed by atoms with van der Waals surface area (Å²) in [4.78, 5) is 11.7. The number of unbranched alkanes of at least 4 members (excludes halogenated alkanes) is 6. The Balaban J connectivity index is 3.33. The summed E-state index contributed by atoms with van der Waals surface area (Å²) in [6, 6.07) is 0. The molecule has 0 radical (unpaired) electrons. The van der Waals surface area contributed by atoms with Crippen LogP contribution in [0.3, 0.4) is 0 Å². The van der Waals surface area contributed by atoms with Crippen molar-refractivity contribution in [3.05, 3.63) is 0 Å². The van der Waals surface area contributed by atoms with Crippen LogP contribution in [0.15, 0.2) is 0 Å². The molecule has 0 saturated heterocycles. The minimum Gasteiger partial charge on any atom is -0.300 e. The SMILES string of the molecule is CCCCCCCCC(=O)CC(C)CCCC. The largest absolute Gasteiger partial charge is 0.300 e. The summed E-state index contributed by atoms with van der Waals surface area (Å²) in [5.41, 5.74) is 0. The molecule has 1 unspecified atom stereocenters. The van der Waals surface area contributed by atoms with Gasteiger partial charge in [0.2, 0.25) is 0 Å². The van der Waals surface area contributed by atoms with E-state index in [9.17, 15) is 4.79 Å². The molecule has 0 spiro atoms. The Morgan fingerprint density at radius 1 is 0.882 bits per heavy atom. The van der Waals surface area contributed by atoms with E-state index in [-0.39, 0.29) is 0 Å².